The van der Waals surface area contributed by atoms with Gasteiger partial charge in [-0.15, -0.1) is 0 Å². The summed E-state index contributed by atoms with van der Waals surface area (Å²) in [5, 5.41) is 9.90. The second-order valence-electron chi connectivity index (χ2n) is 4.77. The van der Waals surface area contributed by atoms with Gasteiger partial charge in [-0.3, -0.25) is 14.3 Å². The van der Waals surface area contributed by atoms with Crippen molar-refractivity contribution in [2.75, 3.05) is 6.16 Å². The van der Waals surface area contributed by atoms with Gasteiger partial charge in [-0.1, -0.05) is 7.60 Å². The molecule has 1 saturated heterocycles. The maximum atomic E-state index is 11.6. The van der Waals surface area contributed by atoms with E-state index in [1.165, 1.54) is 0 Å². The molecule has 0 radical (unpaired) electrons. The summed E-state index contributed by atoms with van der Waals surface area (Å²) in [6.45, 7) is 0. The highest BCUT2D eigenvalue weighted by Gasteiger charge is 2.42. The Balaban J connectivity index is 0.00000242. The summed E-state index contributed by atoms with van der Waals surface area (Å²) in [6.07, 6.45) is -3.04. The van der Waals surface area contributed by atoms with E-state index in [1.54, 1.807) is 0 Å². The van der Waals surface area contributed by atoms with Gasteiger partial charge in [0.1, 0.15) is 0 Å². The van der Waals surface area contributed by atoms with Gasteiger partial charge in [0.2, 0.25) is 0 Å². The Bertz CT molecular complexity index is 670. The van der Waals surface area contributed by atoms with E-state index >= 15 is 0 Å². The molecule has 1 fully saturated rings. The number of ether oxygens (including phenoxy) is 1. The fourth-order valence-corrected chi connectivity index (χ4v) is 2.74. The average Bonchev–Trinajstić information content (AvgIpc) is 2.64. The molecule has 23 heavy (non-hydrogen) atoms. The van der Waals surface area contributed by atoms with Gasteiger partial charge in [-0.2, -0.15) is 0 Å². The number of nitrogens with one attached hydrogen (secondary N) is 1. The highest BCUT2D eigenvalue weighted by molar-refractivity contribution is 7.48. The second-order valence-corrected chi connectivity index (χ2v) is 6.44. The van der Waals surface area contributed by atoms with Crippen LogP contribution in [0.2, 0.25) is 0 Å². The monoisotopic (exact) mass is 355 g/mol. The van der Waals surface area contributed by atoms with Crippen LogP contribution in [0.5, 0.6) is 0 Å². The zero-order valence-electron chi connectivity index (χ0n) is 12.7. The van der Waals surface area contributed by atoms with Crippen molar-refractivity contribution in [3.8, 4) is 0 Å². The summed E-state index contributed by atoms with van der Waals surface area (Å²) in [6, 6.07) is 0.0806. The minimum atomic E-state index is -4.72. The normalized spacial score (nSPS) is 27.1. The van der Waals surface area contributed by atoms with Gasteiger partial charge in [-0.25, -0.2) is 4.79 Å². The second kappa shape index (κ2) is 7.95. The molecular formula is C10H22N5O7P. The number of aliphatic hydroxyl groups excluding tert-OH is 1. The van der Waals surface area contributed by atoms with Crippen LogP contribution in [0.25, 0.3) is 0 Å². The van der Waals surface area contributed by atoms with Gasteiger partial charge < -0.3 is 42.2 Å². The van der Waals surface area contributed by atoms with Gasteiger partial charge in [0.25, 0.3) is 5.56 Å². The molecule has 134 valence electrons. The molecule has 0 saturated carbocycles. The van der Waals surface area contributed by atoms with E-state index < -0.39 is 49.5 Å². The number of nitrogens with zero attached hydrogens (tertiary/aromatic N) is 1. The summed E-state index contributed by atoms with van der Waals surface area (Å²) < 4.78 is 17.0. The Morgan fingerprint density at radius 3 is 2.52 bits per heavy atom. The number of rotatable bonds is 4. The molecule has 2 heterocycles. The van der Waals surface area contributed by atoms with Crippen LogP contribution in [-0.2, 0) is 9.30 Å². The lowest BCUT2D eigenvalue weighted by molar-refractivity contribution is -0.313. The third kappa shape index (κ3) is 5.06. The van der Waals surface area contributed by atoms with Crippen LogP contribution in [-0.4, -0.2) is 39.1 Å². The number of quaternary nitrogens is 2. The van der Waals surface area contributed by atoms with Crippen molar-refractivity contribution < 1.29 is 24.2 Å². The lowest BCUT2D eigenvalue weighted by atomic mass is 10.1. The Morgan fingerprint density at radius 1 is 1.39 bits per heavy atom. The van der Waals surface area contributed by atoms with Gasteiger partial charge in [0.05, 0.1) is 18.2 Å². The molecular weight excluding hydrogens is 333 g/mol. The smallest absolute Gasteiger partial charge is 0.330 e. The van der Waals surface area contributed by atoms with E-state index in [2.05, 4.69) is 0 Å². The zero-order chi connectivity index (χ0) is 15.8. The van der Waals surface area contributed by atoms with E-state index in [4.69, 9.17) is 10.5 Å². The molecule has 12 nitrogen and oxygen atoms in total. The summed E-state index contributed by atoms with van der Waals surface area (Å²) in [5.74, 6) is 0. The maximum Gasteiger partial charge on any atom is 0.330 e. The standard InChI is InChI=1S/C10H16N3O7P.2H3N/c11-7-8(15)5(2-4-21(17,18)19)20-9(7)13-3-1-6(14)12-10(13)16;;/h1,3,5,7-9,15H,2,4,11H2,(H,12,14,16)(H2,17,18,19);2*1H3/t5-,7-,8-,9-;;/m1../s1. The number of aromatic amines is 1. The first-order valence-electron chi connectivity index (χ1n) is 6.11. The number of aliphatic hydroxyl groups is 1. The summed E-state index contributed by atoms with van der Waals surface area (Å²) in [5.41, 5.74) is 4.37. The van der Waals surface area contributed by atoms with Gasteiger partial charge in [-0.05, 0) is 12.6 Å². The van der Waals surface area contributed by atoms with Crippen LogP contribution in [0.1, 0.15) is 12.6 Å². The molecule has 2 rings (SSSR count). The van der Waals surface area contributed by atoms with Crippen LogP contribution < -0.4 is 39.1 Å². The predicted octanol–water partition coefficient (Wildman–Crippen LogP) is -2.82. The molecule has 13 heteroatoms. The quantitative estimate of drug-likeness (QED) is 0.351. The van der Waals surface area contributed by atoms with Crippen LogP contribution in [0, 0.1) is 0 Å². The third-order valence-electron chi connectivity index (χ3n) is 3.23. The van der Waals surface area contributed by atoms with Crippen LogP contribution >= 0.6 is 7.60 Å². The lowest BCUT2D eigenvalue weighted by Crippen LogP contribution is -2.42. The van der Waals surface area contributed by atoms with Gasteiger partial charge in [0.15, 0.2) is 6.23 Å². The SMILES string of the molecule is N[C@@H]1[C@H](O)[C@@H](CCP(=O)([O-])[O-])O[C@H]1n1ccc(=O)[nH]c1=O.[NH4+].[NH4+]. The zero-order valence-corrected chi connectivity index (χ0v) is 13.6. The number of hydrogen-bond acceptors (Lipinski definition) is 8. The lowest BCUT2D eigenvalue weighted by Gasteiger charge is -2.30. The molecule has 0 bridgehead atoms. The molecule has 1 aromatic heterocycles. The summed E-state index contributed by atoms with van der Waals surface area (Å²) in [4.78, 5) is 45.9. The van der Waals surface area contributed by atoms with Crippen molar-refractivity contribution in [1.29, 1.82) is 0 Å². The highest BCUT2D eigenvalue weighted by atomic mass is 31.2. The van der Waals surface area contributed by atoms with Crippen molar-refractivity contribution in [1.82, 2.24) is 21.9 Å². The molecule has 1 aliphatic heterocycles. The molecule has 0 spiro atoms. The average molecular weight is 355 g/mol. The third-order valence-corrected chi connectivity index (χ3v) is 4.04. The fourth-order valence-electron chi connectivity index (χ4n) is 2.17. The van der Waals surface area contributed by atoms with Gasteiger partial charge in [0, 0.05) is 12.3 Å². The number of aromatic nitrogens is 2. The van der Waals surface area contributed by atoms with E-state index in [0.717, 1.165) is 16.8 Å². The van der Waals surface area contributed by atoms with E-state index in [1.807, 2.05) is 4.98 Å². The molecule has 0 aromatic carbocycles. The molecule has 0 amide bonds. The minimum absolute atomic E-state index is 0. The van der Waals surface area contributed by atoms with Crippen molar-refractivity contribution >= 4 is 7.60 Å². The predicted molar refractivity (Wildman–Crippen MR) is 78.3 cm³/mol. The molecule has 4 atom stereocenters. The van der Waals surface area contributed by atoms with Gasteiger partial charge >= 0.3 is 5.69 Å². The summed E-state index contributed by atoms with van der Waals surface area (Å²) >= 11 is 0. The molecule has 1 aromatic rings. The van der Waals surface area contributed by atoms with E-state index in [-0.39, 0.29) is 18.7 Å². The van der Waals surface area contributed by atoms with Crippen LogP contribution in [0.15, 0.2) is 21.9 Å². The minimum Gasteiger partial charge on any atom is -0.811 e. The largest absolute Gasteiger partial charge is 0.811 e. The molecule has 1 aliphatic rings. The molecule has 0 unspecified atom stereocenters. The van der Waals surface area contributed by atoms with Crippen molar-refractivity contribution in [2.45, 2.75) is 30.9 Å². The number of nitrogens with two attached hydrogens (primary N) is 1. The van der Waals surface area contributed by atoms with E-state index in [9.17, 15) is 29.0 Å². The maximum absolute atomic E-state index is 11.6. The van der Waals surface area contributed by atoms with Crippen LogP contribution in [0.3, 0.4) is 0 Å². The first kappa shape index (κ1) is 21.6. The van der Waals surface area contributed by atoms with Crippen molar-refractivity contribution in [2.24, 2.45) is 5.73 Å². The van der Waals surface area contributed by atoms with Crippen molar-refractivity contribution in [3.05, 3.63) is 33.1 Å². The Kier molecular flexibility index (Phi) is 7.47. The molecule has 0 aliphatic carbocycles. The topological polar surface area (TPSA) is 247 Å². The first-order valence-corrected chi connectivity index (χ1v) is 7.83. The Morgan fingerprint density at radius 2 is 2.00 bits per heavy atom. The number of H-pyrrole nitrogens is 1. The molecule has 12 N–H and O–H groups in total. The van der Waals surface area contributed by atoms with E-state index in [0.29, 0.717) is 0 Å². The Labute approximate surface area is 130 Å². The first-order chi connectivity index (χ1) is 9.69. The Hall–Kier alpha value is -1.37. The fraction of sp³-hybridized carbons (Fsp3) is 0.600. The summed E-state index contributed by atoms with van der Waals surface area (Å²) in [7, 11) is -4.72. The van der Waals surface area contributed by atoms with Crippen molar-refractivity contribution in [3.63, 3.8) is 0 Å². The number of hydrogen-bond donors (Lipinski definition) is 5. The highest BCUT2D eigenvalue weighted by Crippen LogP contribution is 2.32. The van der Waals surface area contributed by atoms with Crippen LogP contribution in [0.4, 0.5) is 0 Å².